The van der Waals surface area contributed by atoms with Gasteiger partial charge in [-0.05, 0) is 49.2 Å². The van der Waals surface area contributed by atoms with E-state index in [-0.39, 0.29) is 18.2 Å². The van der Waals surface area contributed by atoms with Crippen LogP contribution in [0.15, 0.2) is 66.9 Å². The molecule has 4 aromatic rings. The highest BCUT2D eigenvalue weighted by Crippen LogP contribution is 2.38. The van der Waals surface area contributed by atoms with Crippen LogP contribution >= 0.6 is 12.4 Å². The van der Waals surface area contributed by atoms with E-state index in [4.69, 9.17) is 14.2 Å². The van der Waals surface area contributed by atoms with E-state index in [1.807, 2.05) is 50.2 Å². The van der Waals surface area contributed by atoms with Gasteiger partial charge in [-0.25, -0.2) is 0 Å². The first-order chi connectivity index (χ1) is 15.0. The minimum absolute atomic E-state index is 0. The summed E-state index contributed by atoms with van der Waals surface area (Å²) in [4.78, 5) is 17.7. The van der Waals surface area contributed by atoms with E-state index in [2.05, 4.69) is 4.98 Å². The first kappa shape index (κ1) is 23.1. The number of nitrogens with zero attached hydrogens (tertiary/aromatic N) is 1. The van der Waals surface area contributed by atoms with Gasteiger partial charge >= 0.3 is 0 Å². The van der Waals surface area contributed by atoms with E-state index in [0.29, 0.717) is 39.6 Å². The Morgan fingerprint density at radius 3 is 2.12 bits per heavy atom. The summed E-state index contributed by atoms with van der Waals surface area (Å²) in [7, 11) is 3.17. The van der Waals surface area contributed by atoms with Gasteiger partial charge in [-0.2, -0.15) is 0 Å². The van der Waals surface area contributed by atoms with Gasteiger partial charge in [-0.15, -0.1) is 12.4 Å². The van der Waals surface area contributed by atoms with Crippen LogP contribution in [-0.2, 0) is 0 Å². The topological polar surface area (TPSA) is 57.7 Å². The van der Waals surface area contributed by atoms with Crippen molar-refractivity contribution in [3.05, 3.63) is 89.1 Å². The van der Waals surface area contributed by atoms with Gasteiger partial charge in [-0.1, -0.05) is 30.3 Å². The lowest BCUT2D eigenvalue weighted by atomic mass is 9.98. The number of fused-ring (bicyclic) bond motifs is 1. The maximum Gasteiger partial charge on any atom is 0.196 e. The lowest BCUT2D eigenvalue weighted by Crippen LogP contribution is -2.05. The monoisotopic (exact) mass is 449 g/mol. The molecule has 4 rings (SSSR count). The highest BCUT2D eigenvalue weighted by Gasteiger charge is 2.18. The number of carbonyl (C=O) groups is 1. The lowest BCUT2D eigenvalue weighted by molar-refractivity contribution is 0.103. The Labute approximate surface area is 193 Å². The molecule has 3 aromatic carbocycles. The van der Waals surface area contributed by atoms with Crippen LogP contribution in [-0.4, -0.2) is 25.0 Å². The third-order valence-electron chi connectivity index (χ3n) is 5.30. The molecule has 32 heavy (non-hydrogen) atoms. The summed E-state index contributed by atoms with van der Waals surface area (Å²) in [5.41, 5.74) is 3.89. The zero-order chi connectivity index (χ0) is 22.0. The van der Waals surface area contributed by atoms with Crippen molar-refractivity contribution in [2.75, 3.05) is 14.2 Å². The summed E-state index contributed by atoms with van der Waals surface area (Å²) in [5.74, 6) is 2.16. The van der Waals surface area contributed by atoms with E-state index in [9.17, 15) is 4.79 Å². The minimum Gasteiger partial charge on any atom is -0.493 e. The van der Waals surface area contributed by atoms with E-state index < -0.39 is 0 Å². The fraction of sp³-hybridized carbons (Fsp3) is 0.154. The van der Waals surface area contributed by atoms with Crippen molar-refractivity contribution in [3.8, 4) is 23.0 Å². The quantitative estimate of drug-likeness (QED) is 0.322. The van der Waals surface area contributed by atoms with Crippen molar-refractivity contribution >= 4 is 29.1 Å². The Morgan fingerprint density at radius 2 is 1.44 bits per heavy atom. The van der Waals surface area contributed by atoms with Crippen LogP contribution < -0.4 is 14.2 Å². The average Bonchev–Trinajstić information content (AvgIpc) is 2.80. The number of methoxy groups -OCH3 is 2. The summed E-state index contributed by atoms with van der Waals surface area (Å²) in [6.45, 7) is 3.98. The Balaban J connectivity index is 0.00000289. The second-order valence-corrected chi connectivity index (χ2v) is 7.26. The molecule has 6 heteroatoms. The Bertz CT molecular complexity index is 1270. The second-order valence-electron chi connectivity index (χ2n) is 7.26. The van der Waals surface area contributed by atoms with Crippen molar-refractivity contribution in [1.82, 2.24) is 4.98 Å². The third-order valence-corrected chi connectivity index (χ3v) is 5.30. The number of rotatable bonds is 6. The number of carbonyl (C=O) groups excluding carboxylic acids is 1. The number of aromatic nitrogens is 1. The summed E-state index contributed by atoms with van der Waals surface area (Å²) in [5, 5.41) is 0.761. The molecule has 0 radical (unpaired) electrons. The number of aryl methyl sites for hydroxylation is 2. The summed E-state index contributed by atoms with van der Waals surface area (Å²) >= 11 is 0. The van der Waals surface area contributed by atoms with Crippen molar-refractivity contribution in [2.45, 2.75) is 13.8 Å². The molecular formula is C26H24ClNO4. The van der Waals surface area contributed by atoms with Crippen LogP contribution in [0.5, 0.6) is 23.0 Å². The Morgan fingerprint density at radius 1 is 0.781 bits per heavy atom. The first-order valence-electron chi connectivity index (χ1n) is 9.91. The van der Waals surface area contributed by atoms with Crippen molar-refractivity contribution < 1.29 is 19.0 Å². The van der Waals surface area contributed by atoms with Gasteiger partial charge in [0.25, 0.3) is 0 Å². The molecular weight excluding hydrogens is 426 g/mol. The zero-order valence-electron chi connectivity index (χ0n) is 18.3. The molecule has 0 amide bonds. The molecule has 0 unspecified atom stereocenters. The fourth-order valence-corrected chi connectivity index (χ4v) is 3.45. The normalized spacial score (nSPS) is 10.4. The SMILES string of the molecule is COc1cc2nccc(Oc3cc(C)c(C)cc3C(=O)c3ccccc3)c2cc1OC.Cl. The van der Waals surface area contributed by atoms with Gasteiger partial charge in [0, 0.05) is 23.2 Å². The molecule has 0 N–H and O–H groups in total. The highest BCUT2D eigenvalue weighted by atomic mass is 35.5. The molecule has 5 nitrogen and oxygen atoms in total. The molecule has 0 bridgehead atoms. The third kappa shape index (κ3) is 4.39. The predicted molar refractivity (Wildman–Crippen MR) is 128 cm³/mol. The molecule has 164 valence electrons. The number of hydrogen-bond donors (Lipinski definition) is 0. The van der Waals surface area contributed by atoms with Gasteiger partial charge in [0.1, 0.15) is 11.5 Å². The maximum absolute atomic E-state index is 13.2. The standard InChI is InChI=1S/C26H23NO4.ClH/c1-16-12-20(26(28)18-8-6-5-7-9-18)23(13-17(16)2)31-22-10-11-27-21-15-25(30-4)24(29-3)14-19(21)22;/h5-15H,1-4H3;1H. The molecule has 0 aliphatic heterocycles. The summed E-state index contributed by atoms with van der Waals surface area (Å²) < 4.78 is 17.1. The number of ketones is 1. The van der Waals surface area contributed by atoms with E-state index in [0.717, 1.165) is 16.5 Å². The highest BCUT2D eigenvalue weighted by molar-refractivity contribution is 6.11. The smallest absolute Gasteiger partial charge is 0.196 e. The number of halogens is 1. The second kappa shape index (κ2) is 9.71. The van der Waals surface area contributed by atoms with Gasteiger partial charge in [0.15, 0.2) is 17.3 Å². The molecule has 0 saturated heterocycles. The number of hydrogen-bond acceptors (Lipinski definition) is 5. The largest absolute Gasteiger partial charge is 0.493 e. The molecule has 0 aliphatic rings. The van der Waals surface area contributed by atoms with Gasteiger partial charge < -0.3 is 14.2 Å². The molecule has 0 fully saturated rings. The number of benzene rings is 3. The summed E-state index contributed by atoms with van der Waals surface area (Å²) in [6.07, 6.45) is 1.67. The van der Waals surface area contributed by atoms with Crippen LogP contribution in [0.3, 0.4) is 0 Å². The molecule has 0 aliphatic carbocycles. The van der Waals surface area contributed by atoms with Crippen molar-refractivity contribution in [1.29, 1.82) is 0 Å². The Hall–Kier alpha value is -3.57. The molecule has 0 atom stereocenters. The predicted octanol–water partition coefficient (Wildman–Crippen LogP) is 6.31. The molecule has 1 aromatic heterocycles. The van der Waals surface area contributed by atoms with Crippen molar-refractivity contribution in [3.63, 3.8) is 0 Å². The summed E-state index contributed by atoms with van der Waals surface area (Å²) in [6, 6.07) is 18.4. The molecule has 0 saturated carbocycles. The molecule has 1 heterocycles. The van der Waals surface area contributed by atoms with Crippen LogP contribution in [0.4, 0.5) is 0 Å². The van der Waals surface area contributed by atoms with Gasteiger partial charge in [0.2, 0.25) is 0 Å². The minimum atomic E-state index is -0.0867. The zero-order valence-corrected chi connectivity index (χ0v) is 19.2. The maximum atomic E-state index is 13.2. The van der Waals surface area contributed by atoms with E-state index >= 15 is 0 Å². The van der Waals surface area contributed by atoms with Crippen LogP contribution in [0.25, 0.3) is 10.9 Å². The van der Waals surface area contributed by atoms with Gasteiger partial charge in [-0.3, -0.25) is 9.78 Å². The van der Waals surface area contributed by atoms with E-state index in [1.165, 1.54) is 0 Å². The fourth-order valence-electron chi connectivity index (χ4n) is 3.45. The number of ether oxygens (including phenoxy) is 3. The van der Waals surface area contributed by atoms with Gasteiger partial charge in [0.05, 0.1) is 25.3 Å². The Kier molecular flexibility index (Phi) is 7.01. The van der Waals surface area contributed by atoms with Crippen LogP contribution in [0, 0.1) is 13.8 Å². The average molecular weight is 450 g/mol. The van der Waals surface area contributed by atoms with Crippen LogP contribution in [0.2, 0.25) is 0 Å². The van der Waals surface area contributed by atoms with E-state index in [1.54, 1.807) is 44.7 Å². The lowest BCUT2D eigenvalue weighted by Gasteiger charge is -2.16. The molecule has 0 spiro atoms. The van der Waals surface area contributed by atoms with Crippen LogP contribution in [0.1, 0.15) is 27.0 Å². The van der Waals surface area contributed by atoms with Crippen molar-refractivity contribution in [2.24, 2.45) is 0 Å². The first-order valence-corrected chi connectivity index (χ1v) is 9.91. The number of pyridine rings is 1.